The lowest BCUT2D eigenvalue weighted by molar-refractivity contribution is 0.0154. The van der Waals surface area contributed by atoms with Crippen LogP contribution in [0.3, 0.4) is 0 Å². The Hall–Kier alpha value is -1.26. The molecule has 1 aromatic rings. The van der Waals surface area contributed by atoms with Crippen molar-refractivity contribution in [2.24, 2.45) is 5.73 Å². The van der Waals surface area contributed by atoms with E-state index in [1.807, 2.05) is 18.2 Å². The molecule has 0 saturated carbocycles. The van der Waals surface area contributed by atoms with Gasteiger partial charge in [-0.05, 0) is 31.0 Å². The minimum Gasteiger partial charge on any atom is -0.497 e. The maximum atomic E-state index is 6.35. The molecule has 104 valence electrons. The highest BCUT2D eigenvalue weighted by atomic mass is 16.5. The lowest BCUT2D eigenvalue weighted by Crippen LogP contribution is -2.43. The Labute approximate surface area is 113 Å². The molecule has 0 aliphatic carbocycles. The minimum absolute atomic E-state index is 0.0111. The first-order valence-electron chi connectivity index (χ1n) is 6.93. The van der Waals surface area contributed by atoms with Crippen molar-refractivity contribution in [1.82, 2.24) is 0 Å². The summed E-state index contributed by atoms with van der Waals surface area (Å²) in [5, 5.41) is 0. The Balaban J connectivity index is 1.90. The summed E-state index contributed by atoms with van der Waals surface area (Å²) in [6, 6.07) is 5.90. The van der Waals surface area contributed by atoms with Gasteiger partial charge < -0.3 is 19.9 Å². The third kappa shape index (κ3) is 2.42. The van der Waals surface area contributed by atoms with Crippen LogP contribution >= 0.6 is 0 Å². The van der Waals surface area contributed by atoms with Crippen molar-refractivity contribution in [3.63, 3.8) is 0 Å². The van der Waals surface area contributed by atoms with Crippen LogP contribution in [-0.4, -0.2) is 25.9 Å². The van der Waals surface area contributed by atoms with Crippen LogP contribution in [0.25, 0.3) is 0 Å². The summed E-state index contributed by atoms with van der Waals surface area (Å²) in [6.07, 6.45) is 3.84. The molecule has 2 atom stereocenters. The zero-order valence-corrected chi connectivity index (χ0v) is 11.4. The highest BCUT2D eigenvalue weighted by molar-refractivity contribution is 5.44. The zero-order chi connectivity index (χ0) is 13.3. The van der Waals surface area contributed by atoms with E-state index >= 15 is 0 Å². The van der Waals surface area contributed by atoms with Gasteiger partial charge in [-0.3, -0.25) is 0 Å². The van der Waals surface area contributed by atoms with Crippen LogP contribution < -0.4 is 15.2 Å². The molecule has 2 aliphatic rings. The van der Waals surface area contributed by atoms with Gasteiger partial charge in [0.1, 0.15) is 17.1 Å². The summed E-state index contributed by atoms with van der Waals surface area (Å²) in [5.41, 5.74) is 7.26. The van der Waals surface area contributed by atoms with Crippen molar-refractivity contribution in [2.75, 3.05) is 20.3 Å². The van der Waals surface area contributed by atoms with E-state index in [9.17, 15) is 0 Å². The molecule has 1 fully saturated rings. The van der Waals surface area contributed by atoms with Crippen LogP contribution in [0.1, 0.15) is 37.3 Å². The van der Waals surface area contributed by atoms with Crippen LogP contribution in [0.15, 0.2) is 18.2 Å². The van der Waals surface area contributed by atoms with Gasteiger partial charge in [-0.2, -0.15) is 0 Å². The predicted octanol–water partition coefficient (Wildman–Crippen LogP) is 2.42. The van der Waals surface area contributed by atoms with Crippen molar-refractivity contribution in [2.45, 2.75) is 37.3 Å². The van der Waals surface area contributed by atoms with E-state index in [-0.39, 0.29) is 11.6 Å². The van der Waals surface area contributed by atoms with Crippen molar-refractivity contribution >= 4 is 0 Å². The number of fused-ring (bicyclic) bond motifs is 1. The highest BCUT2D eigenvalue weighted by Crippen LogP contribution is 2.44. The van der Waals surface area contributed by atoms with E-state index in [0.29, 0.717) is 0 Å². The predicted molar refractivity (Wildman–Crippen MR) is 72.6 cm³/mol. The SMILES string of the molecule is COc1ccc2c(c1)[C@@H](N)CC1(CCCOCC1)O2. The Morgan fingerprint density at radius 3 is 3.05 bits per heavy atom. The zero-order valence-electron chi connectivity index (χ0n) is 11.4. The Kier molecular flexibility index (Phi) is 3.37. The summed E-state index contributed by atoms with van der Waals surface area (Å²) < 4.78 is 17.1. The van der Waals surface area contributed by atoms with Crippen LogP contribution in [0, 0.1) is 0 Å². The molecular formula is C15H21NO3. The summed E-state index contributed by atoms with van der Waals surface area (Å²) in [4.78, 5) is 0. The van der Waals surface area contributed by atoms with E-state index in [1.165, 1.54) is 0 Å². The van der Waals surface area contributed by atoms with Gasteiger partial charge in [-0.1, -0.05) is 0 Å². The van der Waals surface area contributed by atoms with Crippen LogP contribution in [0.4, 0.5) is 0 Å². The van der Waals surface area contributed by atoms with Crippen LogP contribution in [-0.2, 0) is 4.74 Å². The van der Waals surface area contributed by atoms with Crippen LogP contribution in [0.5, 0.6) is 11.5 Å². The van der Waals surface area contributed by atoms with Crippen molar-refractivity contribution < 1.29 is 14.2 Å². The average molecular weight is 263 g/mol. The Morgan fingerprint density at radius 1 is 1.32 bits per heavy atom. The number of methoxy groups -OCH3 is 1. The van der Waals surface area contributed by atoms with Gasteiger partial charge in [0.05, 0.1) is 13.7 Å². The quantitative estimate of drug-likeness (QED) is 0.845. The van der Waals surface area contributed by atoms with E-state index in [1.54, 1.807) is 7.11 Å². The fraction of sp³-hybridized carbons (Fsp3) is 0.600. The molecule has 0 radical (unpaired) electrons. The summed E-state index contributed by atoms with van der Waals surface area (Å²) in [6.45, 7) is 1.59. The van der Waals surface area contributed by atoms with E-state index in [4.69, 9.17) is 19.9 Å². The van der Waals surface area contributed by atoms with E-state index < -0.39 is 0 Å². The fourth-order valence-corrected chi connectivity index (χ4v) is 3.11. The normalized spacial score (nSPS) is 30.3. The molecule has 0 amide bonds. The largest absolute Gasteiger partial charge is 0.497 e. The maximum absolute atomic E-state index is 6.35. The topological polar surface area (TPSA) is 53.7 Å². The number of hydrogen-bond donors (Lipinski definition) is 1. The molecule has 2 aliphatic heterocycles. The molecular weight excluding hydrogens is 242 g/mol. The third-order valence-electron chi connectivity index (χ3n) is 4.16. The lowest BCUT2D eigenvalue weighted by Gasteiger charge is -2.40. The van der Waals surface area contributed by atoms with Crippen molar-refractivity contribution in [3.8, 4) is 11.5 Å². The lowest BCUT2D eigenvalue weighted by atomic mass is 9.82. The Morgan fingerprint density at radius 2 is 2.21 bits per heavy atom. The molecule has 4 nitrogen and oxygen atoms in total. The maximum Gasteiger partial charge on any atom is 0.125 e. The molecule has 0 bridgehead atoms. The molecule has 0 aromatic heterocycles. The number of ether oxygens (including phenoxy) is 3. The molecule has 1 spiro atoms. The second-order valence-corrected chi connectivity index (χ2v) is 5.47. The summed E-state index contributed by atoms with van der Waals surface area (Å²) in [7, 11) is 1.67. The first-order chi connectivity index (χ1) is 9.22. The molecule has 1 unspecified atom stereocenters. The van der Waals surface area contributed by atoms with Crippen LogP contribution in [0.2, 0.25) is 0 Å². The standard InChI is InChI=1S/C15H21NO3/c1-17-11-3-4-14-12(9-11)13(16)10-15(19-14)5-2-7-18-8-6-15/h3-4,9,13H,2,5-8,10,16H2,1H3/t13-,15?/m0/s1. The number of benzene rings is 1. The van der Waals surface area contributed by atoms with Gasteiger partial charge in [0.25, 0.3) is 0 Å². The second-order valence-electron chi connectivity index (χ2n) is 5.47. The number of nitrogens with two attached hydrogens (primary N) is 1. The molecule has 19 heavy (non-hydrogen) atoms. The van der Waals surface area contributed by atoms with Gasteiger partial charge in [-0.25, -0.2) is 0 Å². The van der Waals surface area contributed by atoms with Gasteiger partial charge in [0.2, 0.25) is 0 Å². The molecule has 1 saturated heterocycles. The fourth-order valence-electron chi connectivity index (χ4n) is 3.11. The van der Waals surface area contributed by atoms with Crippen molar-refractivity contribution in [1.29, 1.82) is 0 Å². The van der Waals surface area contributed by atoms with Crippen molar-refractivity contribution in [3.05, 3.63) is 23.8 Å². The third-order valence-corrected chi connectivity index (χ3v) is 4.16. The first kappa shape index (κ1) is 12.8. The summed E-state index contributed by atoms with van der Waals surface area (Å²) >= 11 is 0. The average Bonchev–Trinajstić information content (AvgIpc) is 2.64. The molecule has 2 heterocycles. The van der Waals surface area contributed by atoms with Gasteiger partial charge in [0, 0.05) is 31.1 Å². The number of rotatable bonds is 1. The van der Waals surface area contributed by atoms with Gasteiger partial charge in [-0.15, -0.1) is 0 Å². The van der Waals surface area contributed by atoms with Gasteiger partial charge in [0.15, 0.2) is 0 Å². The van der Waals surface area contributed by atoms with Gasteiger partial charge >= 0.3 is 0 Å². The second kappa shape index (κ2) is 5.02. The molecule has 1 aromatic carbocycles. The van der Waals surface area contributed by atoms with E-state index in [0.717, 1.165) is 56.0 Å². The highest BCUT2D eigenvalue weighted by Gasteiger charge is 2.40. The van der Waals surface area contributed by atoms with E-state index in [2.05, 4.69) is 0 Å². The molecule has 4 heteroatoms. The molecule has 3 rings (SSSR count). The summed E-state index contributed by atoms with van der Waals surface area (Å²) in [5.74, 6) is 1.74. The number of hydrogen-bond acceptors (Lipinski definition) is 4. The monoisotopic (exact) mass is 263 g/mol. The minimum atomic E-state index is -0.141. The molecule has 2 N–H and O–H groups in total. The Bertz CT molecular complexity index is 453. The smallest absolute Gasteiger partial charge is 0.125 e. The first-order valence-corrected chi connectivity index (χ1v) is 6.93.